The van der Waals surface area contributed by atoms with E-state index in [4.69, 9.17) is 14.6 Å². The Morgan fingerprint density at radius 3 is 2.54 bits per heavy atom. The molecule has 1 aliphatic rings. The lowest BCUT2D eigenvalue weighted by Crippen LogP contribution is -2.35. The highest BCUT2D eigenvalue weighted by Crippen LogP contribution is 2.33. The number of carboxylic acid groups (broad SMARTS) is 1. The van der Waals surface area contributed by atoms with Gasteiger partial charge in [-0.1, -0.05) is 24.3 Å². The molecule has 0 aliphatic carbocycles. The first-order chi connectivity index (χ1) is 13.5. The topological polar surface area (TPSA) is 114 Å². The fraction of sp³-hybridized carbons (Fsp3) is 0.150. The minimum absolute atomic E-state index is 0.0156. The molecule has 28 heavy (non-hydrogen) atoms. The Hall–Kier alpha value is -3.81. The number of fused-ring (bicyclic) bond motifs is 1. The van der Waals surface area contributed by atoms with Crippen molar-refractivity contribution in [2.75, 3.05) is 13.3 Å². The van der Waals surface area contributed by atoms with E-state index < -0.39 is 17.8 Å². The highest BCUT2D eigenvalue weighted by molar-refractivity contribution is 6.05. The average molecular weight is 382 g/mol. The van der Waals surface area contributed by atoms with Crippen molar-refractivity contribution in [2.24, 2.45) is 0 Å². The molecule has 8 heteroatoms. The van der Waals surface area contributed by atoms with E-state index in [2.05, 4.69) is 10.6 Å². The standard InChI is InChI=1S/C20H18N2O6/c23-18(24)8-9-21-20(26)15(22-19(25)14-4-2-1-3-5-14)10-13-6-7-16-17(11-13)28-12-27-16/h1-7,10-11H,8-9,12H2,(H,21,26)(H,22,25)(H,23,24)/b15-10+. The van der Waals surface area contributed by atoms with E-state index in [1.165, 1.54) is 6.08 Å². The van der Waals surface area contributed by atoms with Crippen molar-refractivity contribution in [1.82, 2.24) is 10.6 Å². The van der Waals surface area contributed by atoms with E-state index in [9.17, 15) is 14.4 Å². The Morgan fingerprint density at radius 2 is 1.79 bits per heavy atom. The smallest absolute Gasteiger partial charge is 0.305 e. The molecule has 8 nitrogen and oxygen atoms in total. The number of amides is 2. The Balaban J connectivity index is 1.82. The number of aliphatic carboxylic acids is 1. The lowest BCUT2D eigenvalue weighted by Gasteiger charge is -2.11. The fourth-order valence-electron chi connectivity index (χ4n) is 2.49. The molecule has 0 unspecified atom stereocenters. The van der Waals surface area contributed by atoms with Gasteiger partial charge in [-0.25, -0.2) is 0 Å². The molecule has 1 heterocycles. The SMILES string of the molecule is O=C(O)CCNC(=O)/C(=C\c1ccc2c(c1)OCO2)NC(=O)c1ccccc1. The van der Waals surface area contributed by atoms with Crippen molar-refractivity contribution < 1.29 is 29.0 Å². The number of hydrogen-bond acceptors (Lipinski definition) is 5. The van der Waals surface area contributed by atoms with Crippen LogP contribution in [0.15, 0.2) is 54.2 Å². The van der Waals surface area contributed by atoms with Crippen LogP contribution in [0.3, 0.4) is 0 Å². The van der Waals surface area contributed by atoms with Crippen LogP contribution in [-0.2, 0) is 9.59 Å². The number of hydrogen-bond donors (Lipinski definition) is 3. The average Bonchev–Trinajstić information content (AvgIpc) is 3.15. The summed E-state index contributed by atoms with van der Waals surface area (Å²) in [6.45, 7) is 0.0592. The molecule has 0 saturated heterocycles. The number of nitrogens with one attached hydrogen (secondary N) is 2. The molecule has 2 aromatic carbocycles. The molecule has 1 aliphatic heterocycles. The van der Waals surface area contributed by atoms with Crippen LogP contribution in [0.25, 0.3) is 6.08 Å². The molecule has 0 radical (unpaired) electrons. The Kier molecular flexibility index (Phi) is 5.91. The van der Waals surface area contributed by atoms with Crippen LogP contribution in [0.2, 0.25) is 0 Å². The molecule has 0 aromatic heterocycles. The van der Waals surface area contributed by atoms with Crippen LogP contribution in [0.1, 0.15) is 22.3 Å². The molecule has 0 atom stereocenters. The number of rotatable bonds is 7. The molecule has 0 saturated carbocycles. The minimum atomic E-state index is -1.03. The van der Waals surface area contributed by atoms with Crippen LogP contribution >= 0.6 is 0 Å². The van der Waals surface area contributed by atoms with Crippen molar-refractivity contribution in [1.29, 1.82) is 0 Å². The van der Waals surface area contributed by atoms with Crippen LogP contribution in [0.5, 0.6) is 11.5 Å². The number of carbonyl (C=O) groups is 3. The summed E-state index contributed by atoms with van der Waals surface area (Å²) in [5.41, 5.74) is 0.983. The number of benzene rings is 2. The molecule has 0 bridgehead atoms. The first kappa shape index (κ1) is 19.0. The Morgan fingerprint density at radius 1 is 1.04 bits per heavy atom. The third kappa shape index (κ3) is 4.88. The van der Waals surface area contributed by atoms with Crippen LogP contribution in [0, 0.1) is 0 Å². The highest BCUT2D eigenvalue weighted by Gasteiger charge is 2.17. The number of ether oxygens (including phenoxy) is 2. The van der Waals surface area contributed by atoms with Crippen molar-refractivity contribution in [3.8, 4) is 11.5 Å². The van der Waals surface area contributed by atoms with Crippen molar-refractivity contribution in [2.45, 2.75) is 6.42 Å². The Bertz CT molecular complexity index is 924. The van der Waals surface area contributed by atoms with Gasteiger partial charge in [0.05, 0.1) is 6.42 Å². The molecule has 144 valence electrons. The van der Waals surface area contributed by atoms with Crippen LogP contribution < -0.4 is 20.1 Å². The van der Waals surface area contributed by atoms with E-state index in [0.717, 1.165) is 0 Å². The van der Waals surface area contributed by atoms with E-state index in [1.807, 2.05) is 0 Å². The summed E-state index contributed by atoms with van der Waals surface area (Å²) in [6, 6.07) is 13.5. The predicted octanol–water partition coefficient (Wildman–Crippen LogP) is 1.78. The monoisotopic (exact) mass is 382 g/mol. The second-order valence-electron chi connectivity index (χ2n) is 5.89. The van der Waals surface area contributed by atoms with Gasteiger partial charge in [-0.05, 0) is 35.9 Å². The summed E-state index contributed by atoms with van der Waals surface area (Å²) in [6.07, 6.45) is 1.26. The minimum Gasteiger partial charge on any atom is -0.481 e. The summed E-state index contributed by atoms with van der Waals surface area (Å²) in [7, 11) is 0. The van der Waals surface area contributed by atoms with Gasteiger partial charge in [0, 0.05) is 12.1 Å². The van der Waals surface area contributed by atoms with Gasteiger partial charge < -0.3 is 25.2 Å². The normalized spacial score (nSPS) is 12.4. The van der Waals surface area contributed by atoms with Gasteiger partial charge in [-0.15, -0.1) is 0 Å². The van der Waals surface area contributed by atoms with Crippen molar-refractivity contribution in [3.05, 3.63) is 65.4 Å². The summed E-state index contributed by atoms with van der Waals surface area (Å²) in [5, 5.41) is 13.8. The molecule has 0 spiro atoms. The van der Waals surface area contributed by atoms with Crippen LogP contribution in [0.4, 0.5) is 0 Å². The van der Waals surface area contributed by atoms with Gasteiger partial charge in [0.1, 0.15) is 5.70 Å². The molecule has 0 fully saturated rings. The third-order valence-corrected chi connectivity index (χ3v) is 3.86. The zero-order valence-corrected chi connectivity index (χ0v) is 14.8. The highest BCUT2D eigenvalue weighted by atomic mass is 16.7. The molecular weight excluding hydrogens is 364 g/mol. The van der Waals surface area contributed by atoms with Gasteiger partial charge in [0.15, 0.2) is 11.5 Å². The maximum atomic E-state index is 12.5. The second-order valence-corrected chi connectivity index (χ2v) is 5.89. The molecule has 2 aromatic rings. The zero-order chi connectivity index (χ0) is 19.9. The van der Waals surface area contributed by atoms with Crippen molar-refractivity contribution in [3.63, 3.8) is 0 Å². The van der Waals surface area contributed by atoms with Gasteiger partial charge in [0.2, 0.25) is 6.79 Å². The van der Waals surface area contributed by atoms with Gasteiger partial charge in [-0.3, -0.25) is 14.4 Å². The van der Waals surface area contributed by atoms with Gasteiger partial charge in [-0.2, -0.15) is 0 Å². The van der Waals surface area contributed by atoms with E-state index in [1.54, 1.807) is 48.5 Å². The first-order valence-corrected chi connectivity index (χ1v) is 8.50. The van der Waals surface area contributed by atoms with E-state index in [-0.39, 0.29) is 25.5 Å². The molecular formula is C20H18N2O6. The number of carboxylic acids is 1. The van der Waals surface area contributed by atoms with Crippen molar-refractivity contribution >= 4 is 23.9 Å². The first-order valence-electron chi connectivity index (χ1n) is 8.50. The Labute approximate surface area is 160 Å². The van der Waals surface area contributed by atoms with E-state index in [0.29, 0.717) is 22.6 Å². The van der Waals surface area contributed by atoms with E-state index >= 15 is 0 Å². The quantitative estimate of drug-likeness (QED) is 0.629. The maximum Gasteiger partial charge on any atom is 0.305 e. The third-order valence-electron chi connectivity index (χ3n) is 3.86. The summed E-state index contributed by atoms with van der Waals surface area (Å²) in [5.74, 6) is -0.953. The summed E-state index contributed by atoms with van der Waals surface area (Å²) >= 11 is 0. The lowest BCUT2D eigenvalue weighted by molar-refractivity contribution is -0.136. The van der Waals surface area contributed by atoms with Gasteiger partial charge >= 0.3 is 5.97 Å². The molecule has 2 amide bonds. The predicted molar refractivity (Wildman–Crippen MR) is 99.7 cm³/mol. The number of carbonyl (C=O) groups excluding carboxylic acids is 2. The molecule has 3 N–H and O–H groups in total. The lowest BCUT2D eigenvalue weighted by atomic mass is 10.1. The summed E-state index contributed by atoms with van der Waals surface area (Å²) in [4.78, 5) is 35.6. The fourth-order valence-corrected chi connectivity index (χ4v) is 2.49. The zero-order valence-electron chi connectivity index (χ0n) is 14.8. The summed E-state index contributed by atoms with van der Waals surface area (Å²) < 4.78 is 10.6. The maximum absolute atomic E-state index is 12.5. The molecule has 3 rings (SSSR count). The largest absolute Gasteiger partial charge is 0.481 e. The van der Waals surface area contributed by atoms with Crippen LogP contribution in [-0.4, -0.2) is 36.2 Å². The second kappa shape index (κ2) is 8.72. The van der Waals surface area contributed by atoms with Gasteiger partial charge in [0.25, 0.3) is 11.8 Å².